The van der Waals surface area contributed by atoms with Crippen molar-refractivity contribution in [2.24, 2.45) is 0 Å². The van der Waals surface area contributed by atoms with Gasteiger partial charge in [-0.1, -0.05) is 35.9 Å². The average molecular weight is 574 g/mol. The molecule has 212 valence electrons. The highest BCUT2D eigenvalue weighted by molar-refractivity contribution is 6.47. The van der Waals surface area contributed by atoms with Gasteiger partial charge in [-0.3, -0.25) is 19.3 Å². The number of fused-ring (bicyclic) bond motifs is 1. The molecule has 14 heteroatoms. The number of carbonyl (C=O) groups excluding carboxylic acids is 4. The number of aliphatic hydroxyl groups excluding tert-OH is 1. The minimum absolute atomic E-state index is 0.0950. The number of phenolic OH excluding ortho intramolecular Hbond substituents is 2. The summed E-state index contributed by atoms with van der Waals surface area (Å²) in [6.07, 6.45) is -1.92. The monoisotopic (exact) mass is 573 g/mol. The van der Waals surface area contributed by atoms with Crippen LogP contribution in [-0.4, -0.2) is 86.6 Å². The highest BCUT2D eigenvalue weighted by Crippen LogP contribution is 2.40. The minimum Gasteiger partial charge on any atom is -0.536 e. The second-order valence-corrected chi connectivity index (χ2v) is 10.1. The molecule has 2 aliphatic rings. The highest BCUT2D eigenvalue weighted by atomic mass is 35.5. The van der Waals surface area contributed by atoms with Crippen LogP contribution in [0.5, 0.6) is 17.2 Å². The van der Waals surface area contributed by atoms with E-state index in [0.29, 0.717) is 10.6 Å². The summed E-state index contributed by atoms with van der Waals surface area (Å²) >= 11 is 6.12. The number of ketones is 1. The number of likely N-dealkylation sites (N-methyl/N-ethyl adjacent to an activating group) is 1. The van der Waals surface area contributed by atoms with Crippen LogP contribution in [0, 0.1) is 6.92 Å². The zero-order chi connectivity index (χ0) is 29.3. The topological polar surface area (TPSA) is 177 Å². The first-order valence-corrected chi connectivity index (χ1v) is 13.1. The van der Waals surface area contributed by atoms with Crippen molar-refractivity contribution in [3.05, 3.63) is 52.0 Å². The highest BCUT2D eigenvalue weighted by Gasteiger charge is 2.42. The van der Waals surface area contributed by atoms with Crippen molar-refractivity contribution in [3.8, 4) is 17.2 Å². The molecule has 1 fully saturated rings. The predicted molar refractivity (Wildman–Crippen MR) is 143 cm³/mol. The number of para-hydroxylation sites is 1. The van der Waals surface area contributed by atoms with Crippen LogP contribution in [0.2, 0.25) is 10.8 Å². The molecule has 2 heterocycles. The Hall–Kier alpha value is -3.81. The van der Waals surface area contributed by atoms with E-state index in [1.807, 2.05) is 19.1 Å². The Labute approximate surface area is 235 Å². The number of benzene rings is 2. The maximum atomic E-state index is 13.6. The first-order chi connectivity index (χ1) is 18.9. The summed E-state index contributed by atoms with van der Waals surface area (Å²) in [4.78, 5) is 53.5. The van der Waals surface area contributed by atoms with Crippen LogP contribution in [0.4, 0.5) is 4.79 Å². The number of aromatic hydroxyl groups is 2. The second kappa shape index (κ2) is 11.7. The maximum absolute atomic E-state index is 13.6. The number of aliphatic hydroxyl groups is 1. The quantitative estimate of drug-likeness (QED) is 0.186. The van der Waals surface area contributed by atoms with Crippen molar-refractivity contribution >= 4 is 42.3 Å². The third-order valence-corrected chi connectivity index (χ3v) is 7.60. The predicted octanol–water partition coefficient (Wildman–Crippen LogP) is 1.31. The molecule has 40 heavy (non-hydrogen) atoms. The van der Waals surface area contributed by atoms with Gasteiger partial charge in [0.2, 0.25) is 0 Å². The molecule has 4 amide bonds. The lowest BCUT2D eigenvalue weighted by Crippen LogP contribution is -2.60. The largest absolute Gasteiger partial charge is 0.536 e. The van der Waals surface area contributed by atoms with E-state index in [-0.39, 0.29) is 38.0 Å². The van der Waals surface area contributed by atoms with Gasteiger partial charge in [0.05, 0.1) is 5.02 Å². The molecule has 12 nitrogen and oxygen atoms in total. The van der Waals surface area contributed by atoms with E-state index < -0.39 is 65.2 Å². The van der Waals surface area contributed by atoms with Crippen LogP contribution in [0.15, 0.2) is 30.3 Å². The molecule has 2 aliphatic heterocycles. The third-order valence-electron chi connectivity index (χ3n) is 7.20. The number of nitrogens with one attached hydrogen (secondary N) is 1. The number of phenols is 2. The average Bonchev–Trinajstić information content (AvgIpc) is 2.92. The fourth-order valence-corrected chi connectivity index (χ4v) is 5.17. The standard InChI is InChI=1S/C26H29BClN3O9/c1-3-30-9-10-31(25(37)24(30)36)26(38)29-20(21(34)16-7-8-17(32)22(35)19(16)28)18(33)12-15-11-14-6-4-5-13(2)23(14)40-27(15)39/h4-8,15,20-21,32,34-35,39H,3,9-12H2,1-2H3,(H,29,38)/t15-,20?,21?/m1/s1. The number of amides is 4. The van der Waals surface area contributed by atoms with Crippen LogP contribution in [0.3, 0.4) is 0 Å². The van der Waals surface area contributed by atoms with Crippen LogP contribution in [0.25, 0.3) is 0 Å². The van der Waals surface area contributed by atoms with Gasteiger partial charge in [0.15, 0.2) is 17.3 Å². The molecule has 2 unspecified atom stereocenters. The second-order valence-electron chi connectivity index (χ2n) is 9.76. The molecular formula is C26H29BClN3O9. The molecule has 3 atom stereocenters. The summed E-state index contributed by atoms with van der Waals surface area (Å²) in [6.45, 7) is 3.75. The van der Waals surface area contributed by atoms with Crippen LogP contribution < -0.4 is 9.97 Å². The summed E-state index contributed by atoms with van der Waals surface area (Å²) in [7, 11) is -1.35. The minimum atomic E-state index is -1.84. The van der Waals surface area contributed by atoms with Gasteiger partial charge in [0.1, 0.15) is 17.9 Å². The summed E-state index contributed by atoms with van der Waals surface area (Å²) in [6, 6.07) is 4.85. The summed E-state index contributed by atoms with van der Waals surface area (Å²) < 4.78 is 5.65. The van der Waals surface area contributed by atoms with Crippen LogP contribution >= 0.6 is 11.6 Å². The van der Waals surface area contributed by atoms with Gasteiger partial charge in [-0.05, 0) is 37.5 Å². The van der Waals surface area contributed by atoms with Crippen molar-refractivity contribution in [3.63, 3.8) is 0 Å². The smallest absolute Gasteiger partial charge is 0.526 e. The molecule has 4 rings (SSSR count). The zero-order valence-electron chi connectivity index (χ0n) is 21.8. The lowest BCUT2D eigenvalue weighted by Gasteiger charge is -2.34. The number of carbonyl (C=O) groups is 4. The number of urea groups is 1. The first-order valence-electron chi connectivity index (χ1n) is 12.7. The van der Waals surface area contributed by atoms with Crippen LogP contribution in [0.1, 0.15) is 36.1 Å². The van der Waals surface area contributed by atoms with Crippen molar-refractivity contribution in [1.82, 2.24) is 15.1 Å². The lowest BCUT2D eigenvalue weighted by atomic mass is 9.64. The number of imide groups is 1. The number of halogens is 1. The molecule has 1 saturated heterocycles. The van der Waals surface area contributed by atoms with E-state index in [1.54, 1.807) is 13.0 Å². The van der Waals surface area contributed by atoms with Crippen molar-refractivity contribution in [2.45, 2.75) is 44.7 Å². The zero-order valence-corrected chi connectivity index (χ0v) is 22.6. The van der Waals surface area contributed by atoms with Crippen LogP contribution in [-0.2, 0) is 20.8 Å². The fourth-order valence-electron chi connectivity index (χ4n) is 4.90. The Balaban J connectivity index is 1.61. The number of nitrogens with zero attached hydrogens (tertiary/aromatic N) is 2. The number of Topliss-reactive ketones (excluding diaryl/α,β-unsaturated/α-hetero) is 1. The molecule has 0 bridgehead atoms. The number of aryl methyl sites for hydroxylation is 1. The molecule has 0 aromatic heterocycles. The Kier molecular flexibility index (Phi) is 8.57. The summed E-state index contributed by atoms with van der Waals surface area (Å²) in [5.74, 6) is -4.24. The van der Waals surface area contributed by atoms with Gasteiger partial charge in [0.25, 0.3) is 0 Å². The summed E-state index contributed by atoms with van der Waals surface area (Å²) in [5.41, 5.74) is 1.40. The first kappa shape index (κ1) is 29.2. The normalized spacial score (nSPS) is 18.6. The SMILES string of the molecule is CCN1CCN(C(=O)NC(C(=O)C[C@H]2Cc3cccc(C)c3OB2O)C(O)c2ccc(O)c(O)c2Cl)C(=O)C1=O. The Morgan fingerprint density at radius 2 is 1.90 bits per heavy atom. The Morgan fingerprint density at radius 1 is 1.18 bits per heavy atom. The van der Waals surface area contributed by atoms with Gasteiger partial charge < -0.3 is 35.2 Å². The van der Waals surface area contributed by atoms with Gasteiger partial charge in [0, 0.05) is 37.4 Å². The third kappa shape index (κ3) is 5.58. The molecule has 0 spiro atoms. The van der Waals surface area contributed by atoms with Crippen molar-refractivity contribution < 1.29 is 44.2 Å². The van der Waals surface area contributed by atoms with Gasteiger partial charge in [-0.25, -0.2) is 4.79 Å². The molecule has 2 aromatic carbocycles. The molecule has 2 aromatic rings. The lowest BCUT2D eigenvalue weighted by molar-refractivity contribution is -0.153. The maximum Gasteiger partial charge on any atom is 0.526 e. The van der Waals surface area contributed by atoms with E-state index in [9.17, 15) is 39.5 Å². The van der Waals surface area contributed by atoms with E-state index in [1.165, 1.54) is 11.0 Å². The van der Waals surface area contributed by atoms with E-state index in [0.717, 1.165) is 17.2 Å². The Morgan fingerprint density at radius 3 is 2.60 bits per heavy atom. The molecule has 0 radical (unpaired) electrons. The molecular weight excluding hydrogens is 545 g/mol. The number of hydrogen-bond acceptors (Lipinski definition) is 9. The van der Waals surface area contributed by atoms with Crippen molar-refractivity contribution in [2.75, 3.05) is 19.6 Å². The fraction of sp³-hybridized carbons (Fsp3) is 0.385. The van der Waals surface area contributed by atoms with Crippen molar-refractivity contribution in [1.29, 1.82) is 0 Å². The van der Waals surface area contributed by atoms with Gasteiger partial charge >= 0.3 is 25.0 Å². The van der Waals surface area contributed by atoms with E-state index >= 15 is 0 Å². The number of rotatable bonds is 7. The molecule has 0 saturated carbocycles. The Bertz CT molecular complexity index is 1360. The van der Waals surface area contributed by atoms with E-state index in [4.69, 9.17) is 16.3 Å². The van der Waals surface area contributed by atoms with Gasteiger partial charge in [-0.15, -0.1) is 0 Å². The van der Waals surface area contributed by atoms with E-state index in [2.05, 4.69) is 5.32 Å². The van der Waals surface area contributed by atoms with Gasteiger partial charge in [-0.2, -0.15) is 0 Å². The number of hydrogen-bond donors (Lipinski definition) is 5. The molecule has 5 N–H and O–H groups in total. The summed E-state index contributed by atoms with van der Waals surface area (Å²) in [5, 5.41) is 43.5. The molecule has 0 aliphatic carbocycles. The number of piperazine rings is 1.